The molecule has 2 nitrogen and oxygen atoms in total. The van der Waals surface area contributed by atoms with Gasteiger partial charge in [-0.25, -0.2) is 0 Å². The quantitative estimate of drug-likeness (QED) is 0.822. The minimum Gasteiger partial charge on any atom is -0.494 e. The van der Waals surface area contributed by atoms with Crippen LogP contribution in [-0.4, -0.2) is 30.6 Å². The second-order valence-corrected chi connectivity index (χ2v) is 6.92. The third-order valence-corrected chi connectivity index (χ3v) is 5.72. The summed E-state index contributed by atoms with van der Waals surface area (Å²) < 4.78 is 5.60. The maximum atomic E-state index is 5.60. The summed E-state index contributed by atoms with van der Waals surface area (Å²) in [6.45, 7) is 2.75. The number of benzene rings is 2. The summed E-state index contributed by atoms with van der Waals surface area (Å²) in [4.78, 5) is 2.62. The van der Waals surface area contributed by atoms with E-state index in [1.807, 2.05) is 6.92 Å². The van der Waals surface area contributed by atoms with E-state index in [-0.39, 0.29) is 0 Å². The van der Waals surface area contributed by atoms with E-state index < -0.39 is 0 Å². The number of hydrogen-bond donors (Lipinski definition) is 0. The first-order chi connectivity index (χ1) is 10.7. The molecule has 0 N–H and O–H groups in total. The van der Waals surface area contributed by atoms with Gasteiger partial charge in [-0.15, -0.1) is 0 Å². The van der Waals surface area contributed by atoms with Gasteiger partial charge in [0.15, 0.2) is 0 Å². The van der Waals surface area contributed by atoms with Crippen LogP contribution in [0.2, 0.25) is 0 Å². The molecular formula is C20H25NO. The molecule has 2 heterocycles. The van der Waals surface area contributed by atoms with Crippen LogP contribution in [0.4, 0.5) is 0 Å². The second kappa shape index (κ2) is 5.58. The summed E-state index contributed by atoms with van der Waals surface area (Å²) in [5.74, 6) is 1.71. The molecule has 0 radical (unpaired) electrons. The summed E-state index contributed by atoms with van der Waals surface area (Å²) in [6, 6.07) is 15.1. The van der Waals surface area contributed by atoms with Gasteiger partial charge in [-0.3, -0.25) is 0 Å². The number of piperidine rings is 1. The second-order valence-electron chi connectivity index (χ2n) is 6.92. The Morgan fingerprint density at radius 2 is 1.68 bits per heavy atom. The fourth-order valence-corrected chi connectivity index (χ4v) is 4.44. The van der Waals surface area contributed by atoms with E-state index in [2.05, 4.69) is 48.3 Å². The minimum atomic E-state index is 0.724. The molecule has 2 atom stereocenters. The Labute approximate surface area is 133 Å². The average molecular weight is 295 g/mol. The van der Waals surface area contributed by atoms with Crippen molar-refractivity contribution in [1.82, 2.24) is 4.90 Å². The number of rotatable bonds is 3. The van der Waals surface area contributed by atoms with Gasteiger partial charge in [-0.05, 0) is 74.0 Å². The first-order valence-electron chi connectivity index (χ1n) is 8.63. The topological polar surface area (TPSA) is 12.5 Å². The van der Waals surface area contributed by atoms with Crippen molar-refractivity contribution in [2.45, 2.75) is 50.6 Å². The fourth-order valence-electron chi connectivity index (χ4n) is 4.44. The Hall–Kier alpha value is -1.54. The van der Waals surface area contributed by atoms with Crippen molar-refractivity contribution in [3.63, 3.8) is 0 Å². The summed E-state index contributed by atoms with van der Waals surface area (Å²) in [6.07, 6.45) is 5.44. The van der Waals surface area contributed by atoms with E-state index in [1.54, 1.807) is 0 Å². The van der Waals surface area contributed by atoms with E-state index in [9.17, 15) is 0 Å². The Kier molecular flexibility index (Phi) is 3.57. The zero-order chi connectivity index (χ0) is 15.1. The molecule has 2 aliphatic rings. The summed E-state index contributed by atoms with van der Waals surface area (Å²) in [5.41, 5.74) is 1.53. The molecule has 0 aromatic heterocycles. The van der Waals surface area contributed by atoms with Gasteiger partial charge < -0.3 is 9.64 Å². The van der Waals surface area contributed by atoms with Gasteiger partial charge in [0.25, 0.3) is 0 Å². The van der Waals surface area contributed by atoms with Gasteiger partial charge in [0.2, 0.25) is 0 Å². The molecule has 2 bridgehead atoms. The van der Waals surface area contributed by atoms with Crippen molar-refractivity contribution in [2.75, 3.05) is 13.7 Å². The minimum absolute atomic E-state index is 0.724. The van der Waals surface area contributed by atoms with Crippen LogP contribution in [0.3, 0.4) is 0 Å². The Bertz CT molecular complexity index is 666. The molecule has 0 saturated carbocycles. The van der Waals surface area contributed by atoms with Crippen LogP contribution >= 0.6 is 0 Å². The van der Waals surface area contributed by atoms with E-state index >= 15 is 0 Å². The number of fused-ring (bicyclic) bond motifs is 3. The molecule has 2 saturated heterocycles. The van der Waals surface area contributed by atoms with Crippen LogP contribution in [0.1, 0.15) is 44.1 Å². The predicted molar refractivity (Wildman–Crippen MR) is 91.7 cm³/mol. The smallest absolute Gasteiger partial charge is 0.119 e. The molecule has 2 aliphatic heterocycles. The van der Waals surface area contributed by atoms with Gasteiger partial charge in [0.1, 0.15) is 5.75 Å². The molecule has 0 spiro atoms. The van der Waals surface area contributed by atoms with Crippen LogP contribution in [0.15, 0.2) is 36.4 Å². The number of nitrogens with zero attached hydrogens (tertiary/aromatic N) is 1. The van der Waals surface area contributed by atoms with E-state index in [0.29, 0.717) is 0 Å². The van der Waals surface area contributed by atoms with Crippen LogP contribution in [0, 0.1) is 0 Å². The number of ether oxygens (including phenoxy) is 1. The Balaban J connectivity index is 1.61. The monoisotopic (exact) mass is 295 g/mol. The van der Waals surface area contributed by atoms with Crippen LogP contribution in [0.25, 0.3) is 10.8 Å². The van der Waals surface area contributed by atoms with E-state index in [0.717, 1.165) is 30.4 Å². The summed E-state index contributed by atoms with van der Waals surface area (Å²) in [5, 5.41) is 2.62. The van der Waals surface area contributed by atoms with E-state index in [1.165, 1.54) is 42.0 Å². The average Bonchev–Trinajstić information content (AvgIpc) is 2.76. The maximum Gasteiger partial charge on any atom is 0.119 e. The van der Waals surface area contributed by atoms with Crippen LogP contribution < -0.4 is 4.74 Å². The Morgan fingerprint density at radius 1 is 1.00 bits per heavy atom. The van der Waals surface area contributed by atoms with E-state index in [4.69, 9.17) is 4.74 Å². The normalized spacial score (nSPS) is 28.2. The third kappa shape index (κ3) is 2.40. The molecule has 2 fully saturated rings. The standard InChI is InChI=1S/C20H25NO/c1-3-22-20-9-6-14-10-15(4-5-16(14)13-20)17-11-18-7-8-19(12-17)21(18)2/h4-6,9-10,13,17-19H,3,7-8,11-12H2,1-2H3. The van der Waals surface area contributed by atoms with Crippen LogP contribution in [-0.2, 0) is 0 Å². The first-order valence-corrected chi connectivity index (χ1v) is 8.63. The first kappa shape index (κ1) is 14.1. The van der Waals surface area contributed by atoms with Crippen molar-refractivity contribution in [3.8, 4) is 5.75 Å². The highest BCUT2D eigenvalue weighted by Crippen LogP contribution is 2.42. The molecule has 2 heteroatoms. The van der Waals surface area contributed by atoms with Crippen molar-refractivity contribution >= 4 is 10.8 Å². The molecule has 2 unspecified atom stereocenters. The lowest BCUT2D eigenvalue weighted by Gasteiger charge is -2.36. The highest BCUT2D eigenvalue weighted by atomic mass is 16.5. The zero-order valence-corrected chi connectivity index (χ0v) is 13.6. The van der Waals surface area contributed by atoms with Gasteiger partial charge in [0.05, 0.1) is 6.61 Å². The SMILES string of the molecule is CCOc1ccc2cc(C3CC4CCC(C3)N4C)ccc2c1. The van der Waals surface area contributed by atoms with Gasteiger partial charge in [0, 0.05) is 12.1 Å². The molecule has 0 amide bonds. The van der Waals surface area contributed by atoms with Crippen molar-refractivity contribution < 1.29 is 4.74 Å². The fraction of sp³-hybridized carbons (Fsp3) is 0.500. The molecule has 0 aliphatic carbocycles. The molecular weight excluding hydrogens is 270 g/mol. The van der Waals surface area contributed by atoms with Crippen LogP contribution in [0.5, 0.6) is 5.75 Å². The summed E-state index contributed by atoms with van der Waals surface area (Å²) in [7, 11) is 2.31. The van der Waals surface area contributed by atoms with Crippen molar-refractivity contribution in [3.05, 3.63) is 42.0 Å². The molecule has 4 rings (SSSR count). The molecule has 22 heavy (non-hydrogen) atoms. The third-order valence-electron chi connectivity index (χ3n) is 5.72. The van der Waals surface area contributed by atoms with Crippen molar-refractivity contribution in [1.29, 1.82) is 0 Å². The lowest BCUT2D eigenvalue weighted by molar-refractivity contribution is 0.162. The van der Waals surface area contributed by atoms with Gasteiger partial charge >= 0.3 is 0 Å². The zero-order valence-electron chi connectivity index (χ0n) is 13.6. The lowest BCUT2D eigenvalue weighted by Crippen LogP contribution is -2.39. The highest BCUT2D eigenvalue weighted by Gasteiger charge is 2.38. The summed E-state index contributed by atoms with van der Waals surface area (Å²) >= 11 is 0. The Morgan fingerprint density at radius 3 is 2.41 bits per heavy atom. The molecule has 2 aromatic carbocycles. The predicted octanol–water partition coefficient (Wildman–Crippen LogP) is 4.58. The van der Waals surface area contributed by atoms with Gasteiger partial charge in [-0.2, -0.15) is 0 Å². The van der Waals surface area contributed by atoms with Gasteiger partial charge in [-0.1, -0.05) is 24.3 Å². The van der Waals surface area contributed by atoms with Crippen molar-refractivity contribution in [2.24, 2.45) is 0 Å². The number of hydrogen-bond acceptors (Lipinski definition) is 2. The molecule has 2 aromatic rings. The lowest BCUT2D eigenvalue weighted by atomic mass is 9.84. The molecule has 116 valence electrons. The highest BCUT2D eigenvalue weighted by molar-refractivity contribution is 5.84. The maximum absolute atomic E-state index is 5.60. The largest absolute Gasteiger partial charge is 0.494 e.